The number of nitrogen functional groups attached to an aromatic ring is 1. The third-order valence-corrected chi connectivity index (χ3v) is 3.65. The summed E-state index contributed by atoms with van der Waals surface area (Å²) in [6, 6.07) is 8.28. The van der Waals surface area contributed by atoms with Crippen LogP contribution in [0.4, 0.5) is 5.82 Å². The summed E-state index contributed by atoms with van der Waals surface area (Å²) in [5.74, 6) is 1.76. The first kappa shape index (κ1) is 12.7. The molecule has 18 heavy (non-hydrogen) atoms. The van der Waals surface area contributed by atoms with Crippen molar-refractivity contribution in [3.05, 3.63) is 41.7 Å². The van der Waals surface area contributed by atoms with Gasteiger partial charge < -0.3 is 10.5 Å². The van der Waals surface area contributed by atoms with Gasteiger partial charge in [0.05, 0.1) is 7.11 Å². The second-order valence-electron chi connectivity index (χ2n) is 3.81. The average Bonchev–Trinajstić information content (AvgIpc) is 2.38. The Morgan fingerprint density at radius 3 is 2.78 bits per heavy atom. The van der Waals surface area contributed by atoms with E-state index in [9.17, 15) is 0 Å². The molecule has 1 aromatic heterocycles. The van der Waals surface area contributed by atoms with Crippen LogP contribution < -0.4 is 10.5 Å². The van der Waals surface area contributed by atoms with E-state index in [-0.39, 0.29) is 0 Å². The van der Waals surface area contributed by atoms with Gasteiger partial charge in [0, 0.05) is 5.75 Å². The van der Waals surface area contributed by atoms with Gasteiger partial charge in [-0.3, -0.25) is 0 Å². The molecule has 0 saturated heterocycles. The topological polar surface area (TPSA) is 61.0 Å². The van der Waals surface area contributed by atoms with Crippen LogP contribution in [0.5, 0.6) is 5.75 Å². The van der Waals surface area contributed by atoms with Gasteiger partial charge in [-0.2, -0.15) is 0 Å². The zero-order valence-electron chi connectivity index (χ0n) is 10.4. The van der Waals surface area contributed by atoms with Crippen LogP contribution in [0.1, 0.15) is 11.1 Å². The van der Waals surface area contributed by atoms with Crippen molar-refractivity contribution in [3.63, 3.8) is 0 Å². The van der Waals surface area contributed by atoms with E-state index in [4.69, 9.17) is 10.5 Å². The van der Waals surface area contributed by atoms with Crippen molar-refractivity contribution < 1.29 is 4.74 Å². The van der Waals surface area contributed by atoms with Gasteiger partial charge in [0.25, 0.3) is 0 Å². The summed E-state index contributed by atoms with van der Waals surface area (Å²) in [5, 5.41) is 0.772. The molecular weight excluding hydrogens is 246 g/mol. The largest absolute Gasteiger partial charge is 0.490 e. The molecule has 0 aliphatic heterocycles. The van der Waals surface area contributed by atoms with Gasteiger partial charge in [-0.1, -0.05) is 36.0 Å². The maximum Gasteiger partial charge on any atom is 0.193 e. The summed E-state index contributed by atoms with van der Waals surface area (Å²) in [6.07, 6.45) is 1.46. The fourth-order valence-corrected chi connectivity index (χ4v) is 2.64. The van der Waals surface area contributed by atoms with Crippen molar-refractivity contribution in [3.8, 4) is 5.75 Å². The van der Waals surface area contributed by atoms with E-state index in [1.165, 1.54) is 17.5 Å². The van der Waals surface area contributed by atoms with Crippen molar-refractivity contribution in [1.82, 2.24) is 9.97 Å². The van der Waals surface area contributed by atoms with Crippen molar-refractivity contribution in [2.45, 2.75) is 17.7 Å². The molecule has 0 spiro atoms. The summed E-state index contributed by atoms with van der Waals surface area (Å²) in [6.45, 7) is 2.10. The third-order valence-electron chi connectivity index (χ3n) is 2.63. The minimum absolute atomic E-state index is 0.375. The Kier molecular flexibility index (Phi) is 4.04. The first-order valence-electron chi connectivity index (χ1n) is 5.54. The standard InChI is InChI=1S/C13H15N3OS/c1-9-5-3-4-6-10(9)7-18-13-11(17-2)12(14)15-8-16-13/h3-6,8H,7H2,1-2H3,(H2,14,15,16). The van der Waals surface area contributed by atoms with E-state index >= 15 is 0 Å². The molecule has 1 heterocycles. The molecule has 94 valence electrons. The molecule has 0 amide bonds. The molecule has 0 aliphatic rings. The Morgan fingerprint density at radius 2 is 2.06 bits per heavy atom. The zero-order valence-corrected chi connectivity index (χ0v) is 11.2. The van der Waals surface area contributed by atoms with Crippen molar-refractivity contribution in [2.24, 2.45) is 0 Å². The predicted molar refractivity (Wildman–Crippen MR) is 73.7 cm³/mol. The highest BCUT2D eigenvalue weighted by Crippen LogP contribution is 2.32. The normalized spacial score (nSPS) is 10.3. The third kappa shape index (κ3) is 2.73. The smallest absolute Gasteiger partial charge is 0.193 e. The molecule has 0 unspecified atom stereocenters. The van der Waals surface area contributed by atoms with E-state index in [0.717, 1.165) is 10.8 Å². The highest BCUT2D eigenvalue weighted by atomic mass is 32.2. The second kappa shape index (κ2) is 5.73. The van der Waals surface area contributed by atoms with Crippen molar-refractivity contribution >= 4 is 17.6 Å². The molecule has 0 fully saturated rings. The Labute approximate surface area is 111 Å². The van der Waals surface area contributed by atoms with Gasteiger partial charge >= 0.3 is 0 Å². The van der Waals surface area contributed by atoms with Gasteiger partial charge in [0.15, 0.2) is 11.6 Å². The monoisotopic (exact) mass is 261 g/mol. The van der Waals surface area contributed by atoms with E-state index in [0.29, 0.717) is 11.6 Å². The molecule has 4 nitrogen and oxygen atoms in total. The lowest BCUT2D eigenvalue weighted by atomic mass is 10.1. The summed E-state index contributed by atoms with van der Waals surface area (Å²) in [7, 11) is 1.58. The molecule has 5 heteroatoms. The summed E-state index contributed by atoms with van der Waals surface area (Å²) < 4.78 is 5.22. The van der Waals surface area contributed by atoms with E-state index in [2.05, 4.69) is 29.0 Å². The minimum Gasteiger partial charge on any atom is -0.490 e. The number of methoxy groups -OCH3 is 1. The van der Waals surface area contributed by atoms with Gasteiger partial charge in [-0.05, 0) is 18.1 Å². The van der Waals surface area contributed by atoms with Gasteiger partial charge in [0.2, 0.25) is 0 Å². The van der Waals surface area contributed by atoms with Crippen LogP contribution >= 0.6 is 11.8 Å². The quantitative estimate of drug-likeness (QED) is 0.677. The SMILES string of the molecule is COc1c(N)ncnc1SCc1ccccc1C. The number of anilines is 1. The summed E-state index contributed by atoms with van der Waals surface area (Å²) in [5.41, 5.74) is 8.29. The van der Waals surface area contributed by atoms with Crippen molar-refractivity contribution in [1.29, 1.82) is 0 Å². The number of rotatable bonds is 4. The van der Waals surface area contributed by atoms with Crippen LogP contribution in [0.15, 0.2) is 35.6 Å². The lowest BCUT2D eigenvalue weighted by Crippen LogP contribution is -1.99. The number of nitrogens with two attached hydrogens (primary N) is 1. The van der Waals surface area contributed by atoms with Gasteiger partial charge in [-0.15, -0.1) is 0 Å². The highest BCUT2D eigenvalue weighted by molar-refractivity contribution is 7.98. The number of aryl methyl sites for hydroxylation is 1. The number of thioether (sulfide) groups is 1. The number of nitrogens with zero attached hydrogens (tertiary/aromatic N) is 2. The Hall–Kier alpha value is -1.75. The fourth-order valence-electron chi connectivity index (χ4n) is 1.58. The molecule has 0 atom stereocenters. The van der Waals surface area contributed by atoms with Crippen molar-refractivity contribution in [2.75, 3.05) is 12.8 Å². The number of benzene rings is 1. The molecular formula is C13H15N3OS. The van der Waals surface area contributed by atoms with Crippen LogP contribution in [-0.2, 0) is 5.75 Å². The number of ether oxygens (including phenoxy) is 1. The number of hydrogen-bond acceptors (Lipinski definition) is 5. The lowest BCUT2D eigenvalue weighted by Gasteiger charge is -2.09. The molecule has 0 aliphatic carbocycles. The van der Waals surface area contributed by atoms with E-state index in [1.807, 2.05) is 12.1 Å². The minimum atomic E-state index is 0.375. The van der Waals surface area contributed by atoms with Gasteiger partial charge in [0.1, 0.15) is 11.4 Å². The van der Waals surface area contributed by atoms with Gasteiger partial charge in [-0.25, -0.2) is 9.97 Å². The molecule has 2 aromatic rings. The first-order chi connectivity index (χ1) is 8.72. The molecule has 0 saturated carbocycles. The first-order valence-corrected chi connectivity index (χ1v) is 6.52. The number of hydrogen-bond donors (Lipinski definition) is 1. The maximum atomic E-state index is 5.74. The van der Waals surface area contributed by atoms with Crippen LogP contribution in [0.25, 0.3) is 0 Å². The van der Waals surface area contributed by atoms with E-state index < -0.39 is 0 Å². The summed E-state index contributed by atoms with van der Waals surface area (Å²) in [4.78, 5) is 8.11. The van der Waals surface area contributed by atoms with E-state index in [1.54, 1.807) is 18.9 Å². The Morgan fingerprint density at radius 1 is 1.28 bits per heavy atom. The zero-order chi connectivity index (χ0) is 13.0. The number of aromatic nitrogens is 2. The fraction of sp³-hybridized carbons (Fsp3) is 0.231. The second-order valence-corrected chi connectivity index (χ2v) is 4.78. The molecule has 0 radical (unpaired) electrons. The maximum absolute atomic E-state index is 5.74. The van der Waals surface area contributed by atoms with Crippen LogP contribution in [0.3, 0.4) is 0 Å². The Bertz CT molecular complexity index is 546. The Balaban J connectivity index is 2.16. The predicted octanol–water partition coefficient (Wildman–Crippen LogP) is 2.67. The lowest BCUT2D eigenvalue weighted by molar-refractivity contribution is 0.401. The molecule has 0 bridgehead atoms. The molecule has 2 rings (SSSR count). The summed E-state index contributed by atoms with van der Waals surface area (Å²) >= 11 is 1.60. The van der Waals surface area contributed by atoms with Crippen LogP contribution in [0, 0.1) is 6.92 Å². The van der Waals surface area contributed by atoms with Crippen LogP contribution in [0.2, 0.25) is 0 Å². The molecule has 2 N–H and O–H groups in total. The highest BCUT2D eigenvalue weighted by Gasteiger charge is 2.10. The average molecular weight is 261 g/mol. The molecule has 1 aromatic carbocycles. The van der Waals surface area contributed by atoms with Crippen LogP contribution in [-0.4, -0.2) is 17.1 Å².